The fraction of sp³-hybridized carbons (Fsp3) is 0.381. The van der Waals surface area contributed by atoms with E-state index >= 15 is 0 Å². The predicted octanol–water partition coefficient (Wildman–Crippen LogP) is 3.88. The van der Waals surface area contributed by atoms with Crippen molar-refractivity contribution < 1.29 is 27.4 Å². The molecule has 1 N–H and O–H groups in total. The number of methoxy groups -OCH3 is 1. The number of halogens is 3. The second-order valence-corrected chi connectivity index (χ2v) is 6.84. The second kappa shape index (κ2) is 9.07. The molecule has 1 aliphatic rings. The average Bonchev–Trinajstić information content (AvgIpc) is 2.72. The highest BCUT2D eigenvalue weighted by Gasteiger charge is 2.30. The van der Waals surface area contributed by atoms with E-state index in [2.05, 4.69) is 10.2 Å². The summed E-state index contributed by atoms with van der Waals surface area (Å²) < 4.78 is 48.6. The molecule has 1 fully saturated rings. The Hall–Kier alpha value is -2.90. The Balaban J connectivity index is 1.44. The third kappa shape index (κ3) is 5.79. The number of ether oxygens (including phenoxy) is 2. The van der Waals surface area contributed by atoms with E-state index in [0.29, 0.717) is 0 Å². The second-order valence-electron chi connectivity index (χ2n) is 6.84. The summed E-state index contributed by atoms with van der Waals surface area (Å²) in [6.07, 6.45) is -2.89. The number of hydrogen-bond acceptors (Lipinski definition) is 4. The standard InChI is InChI=1S/C21H23F3N2O3/c1-28-18-7-5-17(6-8-18)26-11-9-16(10-12-26)25-20(27)14-29-19-4-2-3-15(13-19)21(22,23)24/h2-8,13,16H,9-12,14H2,1H3,(H,25,27). The summed E-state index contributed by atoms with van der Waals surface area (Å²) in [5.41, 5.74) is 0.296. The zero-order valence-electron chi connectivity index (χ0n) is 16.0. The van der Waals surface area contributed by atoms with Crippen LogP contribution in [-0.4, -0.2) is 38.8 Å². The van der Waals surface area contributed by atoms with Crippen molar-refractivity contribution >= 4 is 11.6 Å². The van der Waals surface area contributed by atoms with E-state index in [1.54, 1.807) is 7.11 Å². The van der Waals surface area contributed by atoms with Gasteiger partial charge in [-0.2, -0.15) is 13.2 Å². The first kappa shape index (κ1) is 20.8. The maximum Gasteiger partial charge on any atom is 0.416 e. The maximum atomic E-state index is 12.7. The molecule has 0 aliphatic carbocycles. The topological polar surface area (TPSA) is 50.8 Å². The maximum absolute atomic E-state index is 12.7. The number of alkyl halides is 3. The molecule has 1 aliphatic heterocycles. The zero-order valence-corrected chi connectivity index (χ0v) is 16.0. The summed E-state index contributed by atoms with van der Waals surface area (Å²) in [5.74, 6) is 0.478. The molecule has 1 heterocycles. The van der Waals surface area contributed by atoms with Gasteiger partial charge in [0.15, 0.2) is 6.61 Å². The van der Waals surface area contributed by atoms with E-state index in [1.165, 1.54) is 12.1 Å². The van der Waals surface area contributed by atoms with Crippen molar-refractivity contribution in [3.63, 3.8) is 0 Å². The molecule has 2 aromatic carbocycles. The summed E-state index contributed by atoms with van der Waals surface area (Å²) in [7, 11) is 1.62. The molecule has 0 bridgehead atoms. The zero-order chi connectivity index (χ0) is 20.9. The van der Waals surface area contributed by atoms with E-state index < -0.39 is 11.7 Å². The fourth-order valence-electron chi connectivity index (χ4n) is 3.26. The van der Waals surface area contributed by atoms with Crippen LogP contribution in [0.4, 0.5) is 18.9 Å². The van der Waals surface area contributed by atoms with Gasteiger partial charge in [-0.25, -0.2) is 0 Å². The summed E-state index contributed by atoms with van der Waals surface area (Å²) >= 11 is 0. The van der Waals surface area contributed by atoms with Gasteiger partial charge in [0.25, 0.3) is 5.91 Å². The third-order valence-electron chi connectivity index (χ3n) is 4.83. The minimum Gasteiger partial charge on any atom is -0.497 e. The van der Waals surface area contributed by atoms with Crippen LogP contribution in [0.1, 0.15) is 18.4 Å². The number of rotatable bonds is 6. The molecule has 0 spiro atoms. The minimum absolute atomic E-state index is 0.0158. The van der Waals surface area contributed by atoms with Gasteiger partial charge in [-0.3, -0.25) is 4.79 Å². The number of hydrogen-bond donors (Lipinski definition) is 1. The molecular weight excluding hydrogens is 385 g/mol. The molecule has 156 valence electrons. The number of amides is 1. The van der Waals surface area contributed by atoms with Gasteiger partial charge in [-0.15, -0.1) is 0 Å². The van der Waals surface area contributed by atoms with E-state index in [9.17, 15) is 18.0 Å². The van der Waals surface area contributed by atoms with Gasteiger partial charge >= 0.3 is 6.18 Å². The largest absolute Gasteiger partial charge is 0.497 e. The molecule has 0 radical (unpaired) electrons. The van der Waals surface area contributed by atoms with Gasteiger partial charge < -0.3 is 19.7 Å². The van der Waals surface area contributed by atoms with Crippen molar-refractivity contribution in [2.75, 3.05) is 31.7 Å². The van der Waals surface area contributed by atoms with Crippen LogP contribution in [0, 0.1) is 0 Å². The van der Waals surface area contributed by atoms with Gasteiger partial charge in [0.1, 0.15) is 11.5 Å². The van der Waals surface area contributed by atoms with Gasteiger partial charge in [-0.05, 0) is 55.3 Å². The molecule has 5 nitrogen and oxygen atoms in total. The molecule has 1 saturated heterocycles. The summed E-state index contributed by atoms with van der Waals surface area (Å²) in [5, 5.41) is 2.89. The highest BCUT2D eigenvalue weighted by molar-refractivity contribution is 5.77. The van der Waals surface area contributed by atoms with Gasteiger partial charge in [0.2, 0.25) is 0 Å². The molecule has 8 heteroatoms. The van der Waals surface area contributed by atoms with Gasteiger partial charge in [0.05, 0.1) is 12.7 Å². The molecule has 3 rings (SSSR count). The molecule has 0 saturated carbocycles. The van der Waals surface area contributed by atoms with Gasteiger partial charge in [-0.1, -0.05) is 6.07 Å². The third-order valence-corrected chi connectivity index (χ3v) is 4.83. The van der Waals surface area contributed by atoms with E-state index in [4.69, 9.17) is 9.47 Å². The van der Waals surface area contributed by atoms with Crippen LogP contribution in [0.15, 0.2) is 48.5 Å². The molecular formula is C21H23F3N2O3. The van der Waals surface area contributed by atoms with Crippen LogP contribution in [0.2, 0.25) is 0 Å². The van der Waals surface area contributed by atoms with Crippen LogP contribution >= 0.6 is 0 Å². The SMILES string of the molecule is COc1ccc(N2CCC(NC(=O)COc3cccc(C(F)(F)F)c3)CC2)cc1. The van der Waals surface area contributed by atoms with Gasteiger partial charge in [0, 0.05) is 24.8 Å². The molecule has 0 aromatic heterocycles. The first-order valence-electron chi connectivity index (χ1n) is 9.33. The lowest BCUT2D eigenvalue weighted by Crippen LogP contribution is -2.46. The Morgan fingerprint density at radius 3 is 2.41 bits per heavy atom. The Labute approximate surface area is 167 Å². The quantitative estimate of drug-likeness (QED) is 0.788. The van der Waals surface area contributed by atoms with Crippen molar-refractivity contribution in [1.82, 2.24) is 5.32 Å². The number of anilines is 1. The van der Waals surface area contributed by atoms with Crippen LogP contribution in [0.25, 0.3) is 0 Å². The summed E-state index contributed by atoms with van der Waals surface area (Å²) in [6.45, 7) is 1.28. The van der Waals surface area contributed by atoms with Crippen molar-refractivity contribution in [3.8, 4) is 11.5 Å². The lowest BCUT2D eigenvalue weighted by Gasteiger charge is -2.34. The molecule has 0 unspecified atom stereocenters. The number of nitrogens with zero attached hydrogens (tertiary/aromatic N) is 1. The average molecular weight is 408 g/mol. The van der Waals surface area contributed by atoms with Crippen LogP contribution in [-0.2, 0) is 11.0 Å². The highest BCUT2D eigenvalue weighted by Crippen LogP contribution is 2.31. The van der Waals surface area contributed by atoms with Crippen LogP contribution < -0.4 is 19.7 Å². The Kier molecular flexibility index (Phi) is 6.51. The van der Waals surface area contributed by atoms with Crippen molar-refractivity contribution in [3.05, 3.63) is 54.1 Å². The summed E-state index contributed by atoms with van der Waals surface area (Å²) in [6, 6.07) is 12.3. The van der Waals surface area contributed by atoms with Crippen molar-refractivity contribution in [1.29, 1.82) is 0 Å². The minimum atomic E-state index is -4.44. The first-order chi connectivity index (χ1) is 13.8. The molecule has 29 heavy (non-hydrogen) atoms. The Morgan fingerprint density at radius 2 is 1.79 bits per heavy atom. The Bertz CT molecular complexity index is 817. The number of carbonyl (C=O) groups excluding carboxylic acids is 1. The van der Waals surface area contributed by atoms with E-state index in [-0.39, 0.29) is 24.3 Å². The number of benzene rings is 2. The smallest absolute Gasteiger partial charge is 0.416 e. The van der Waals surface area contributed by atoms with Crippen LogP contribution in [0.3, 0.4) is 0 Å². The van der Waals surface area contributed by atoms with E-state index in [1.807, 2.05) is 24.3 Å². The van der Waals surface area contributed by atoms with Crippen LogP contribution in [0.5, 0.6) is 11.5 Å². The molecule has 2 aromatic rings. The molecule has 1 amide bonds. The van der Waals surface area contributed by atoms with Crippen molar-refractivity contribution in [2.24, 2.45) is 0 Å². The number of piperidine rings is 1. The molecule has 0 atom stereocenters. The first-order valence-corrected chi connectivity index (χ1v) is 9.33. The lowest BCUT2D eigenvalue weighted by atomic mass is 10.0. The monoisotopic (exact) mass is 408 g/mol. The van der Waals surface area contributed by atoms with Crippen molar-refractivity contribution in [2.45, 2.75) is 25.1 Å². The Morgan fingerprint density at radius 1 is 1.10 bits per heavy atom. The number of carbonyl (C=O) groups is 1. The normalized spacial score (nSPS) is 15.1. The predicted molar refractivity (Wildman–Crippen MR) is 103 cm³/mol. The fourth-order valence-corrected chi connectivity index (χ4v) is 3.26. The van der Waals surface area contributed by atoms with E-state index in [0.717, 1.165) is 49.5 Å². The lowest BCUT2D eigenvalue weighted by molar-refractivity contribution is -0.137. The number of nitrogens with one attached hydrogen (secondary N) is 1. The summed E-state index contributed by atoms with van der Waals surface area (Å²) in [4.78, 5) is 14.3. The highest BCUT2D eigenvalue weighted by atomic mass is 19.4.